The second-order valence-corrected chi connectivity index (χ2v) is 6.12. The van der Waals surface area contributed by atoms with E-state index in [1.54, 1.807) is 0 Å². The van der Waals surface area contributed by atoms with Crippen LogP contribution in [0.15, 0.2) is 22.7 Å². The highest BCUT2D eigenvalue weighted by atomic mass is 79.9. The quantitative estimate of drug-likeness (QED) is 0.909. The fraction of sp³-hybridized carbons (Fsp3) is 0.375. The van der Waals surface area contributed by atoms with E-state index in [0.29, 0.717) is 13.0 Å². The summed E-state index contributed by atoms with van der Waals surface area (Å²) in [5.41, 5.74) is 5.14. The van der Waals surface area contributed by atoms with E-state index in [4.69, 9.17) is 0 Å². The molecule has 0 spiro atoms. The molecule has 1 N–H and O–H groups in total. The zero-order chi connectivity index (χ0) is 15.6. The second kappa shape index (κ2) is 6.43. The third-order valence-electron chi connectivity index (χ3n) is 3.50. The molecule has 0 bridgehead atoms. The number of aromatic nitrogens is 2. The number of aryl methyl sites for hydroxylation is 4. The molecule has 0 unspecified atom stereocenters. The van der Waals surface area contributed by atoms with Crippen LogP contribution in [0, 0.1) is 27.7 Å². The Morgan fingerprint density at radius 3 is 2.57 bits per heavy atom. The van der Waals surface area contributed by atoms with Crippen LogP contribution in [0.5, 0.6) is 0 Å². The molecule has 5 heteroatoms. The standard InChI is InChI=1S/C16H20BrN3O/c1-10-5-6-14(11(2)9-10)18-15(21)7-8-20-13(4)16(17)12(3)19-20/h5-6,9H,7-8H2,1-4H3,(H,18,21). The molecular formula is C16H20BrN3O. The lowest BCUT2D eigenvalue weighted by Gasteiger charge is -2.09. The van der Waals surface area contributed by atoms with Gasteiger partial charge in [-0.1, -0.05) is 17.7 Å². The molecule has 1 amide bonds. The van der Waals surface area contributed by atoms with E-state index in [1.807, 2.05) is 44.5 Å². The van der Waals surface area contributed by atoms with Crippen LogP contribution in [0.2, 0.25) is 0 Å². The summed E-state index contributed by atoms with van der Waals surface area (Å²) in [6, 6.07) is 6.01. The predicted octanol–water partition coefficient (Wildman–Crippen LogP) is 3.91. The Bertz CT molecular complexity index is 676. The van der Waals surface area contributed by atoms with Crippen molar-refractivity contribution in [2.75, 3.05) is 5.32 Å². The van der Waals surface area contributed by atoms with Gasteiger partial charge < -0.3 is 5.32 Å². The number of anilines is 1. The fourth-order valence-electron chi connectivity index (χ4n) is 2.27. The summed E-state index contributed by atoms with van der Waals surface area (Å²) in [5, 5.41) is 7.36. The molecule has 1 aromatic heterocycles. The van der Waals surface area contributed by atoms with Crippen molar-refractivity contribution in [3.05, 3.63) is 45.2 Å². The zero-order valence-corrected chi connectivity index (χ0v) is 14.4. The minimum Gasteiger partial charge on any atom is -0.326 e. The Morgan fingerprint density at radius 1 is 1.29 bits per heavy atom. The van der Waals surface area contributed by atoms with Crippen LogP contribution < -0.4 is 5.32 Å². The molecule has 0 radical (unpaired) electrons. The molecule has 2 aromatic rings. The maximum absolute atomic E-state index is 12.1. The highest BCUT2D eigenvalue weighted by Gasteiger charge is 2.10. The van der Waals surface area contributed by atoms with Gasteiger partial charge in [0.1, 0.15) is 0 Å². The second-order valence-electron chi connectivity index (χ2n) is 5.32. The van der Waals surface area contributed by atoms with Crippen molar-refractivity contribution >= 4 is 27.5 Å². The van der Waals surface area contributed by atoms with Gasteiger partial charge in [0.2, 0.25) is 5.91 Å². The van der Waals surface area contributed by atoms with Crippen molar-refractivity contribution in [2.45, 2.75) is 40.7 Å². The first-order chi connectivity index (χ1) is 9.88. The molecule has 0 aliphatic carbocycles. The van der Waals surface area contributed by atoms with Gasteiger partial charge in [0.05, 0.1) is 16.7 Å². The first-order valence-electron chi connectivity index (χ1n) is 6.95. The molecule has 0 atom stereocenters. The minimum absolute atomic E-state index is 0.00521. The Morgan fingerprint density at radius 2 is 2.00 bits per heavy atom. The monoisotopic (exact) mass is 349 g/mol. The van der Waals surface area contributed by atoms with E-state index < -0.39 is 0 Å². The number of hydrogen-bond donors (Lipinski definition) is 1. The van der Waals surface area contributed by atoms with Gasteiger partial charge in [-0.15, -0.1) is 0 Å². The molecular weight excluding hydrogens is 330 g/mol. The van der Waals surface area contributed by atoms with Gasteiger partial charge in [-0.05, 0) is 55.3 Å². The van der Waals surface area contributed by atoms with Gasteiger partial charge in [0.15, 0.2) is 0 Å². The number of nitrogens with zero attached hydrogens (tertiary/aromatic N) is 2. The number of carbonyl (C=O) groups excluding carboxylic acids is 1. The average Bonchev–Trinajstić information content (AvgIpc) is 2.67. The first kappa shape index (κ1) is 15.8. The van der Waals surface area contributed by atoms with Crippen molar-refractivity contribution in [2.24, 2.45) is 0 Å². The summed E-state index contributed by atoms with van der Waals surface area (Å²) in [7, 11) is 0. The highest BCUT2D eigenvalue weighted by molar-refractivity contribution is 9.10. The number of nitrogens with one attached hydrogen (secondary N) is 1. The number of carbonyl (C=O) groups is 1. The maximum Gasteiger partial charge on any atom is 0.226 e. The maximum atomic E-state index is 12.1. The minimum atomic E-state index is 0.00521. The van der Waals surface area contributed by atoms with Crippen LogP contribution in [0.3, 0.4) is 0 Å². The summed E-state index contributed by atoms with van der Waals surface area (Å²) in [4.78, 5) is 12.1. The largest absolute Gasteiger partial charge is 0.326 e. The van der Waals surface area contributed by atoms with Gasteiger partial charge in [-0.25, -0.2) is 0 Å². The molecule has 0 fully saturated rings. The number of hydrogen-bond acceptors (Lipinski definition) is 2. The van der Waals surface area contributed by atoms with Gasteiger partial charge >= 0.3 is 0 Å². The molecule has 0 saturated carbocycles. The van der Waals surface area contributed by atoms with E-state index in [-0.39, 0.29) is 5.91 Å². The van der Waals surface area contributed by atoms with E-state index in [0.717, 1.165) is 27.1 Å². The lowest BCUT2D eigenvalue weighted by Crippen LogP contribution is -2.16. The van der Waals surface area contributed by atoms with Gasteiger partial charge in [0, 0.05) is 17.8 Å². The summed E-state index contributed by atoms with van der Waals surface area (Å²) < 4.78 is 2.87. The van der Waals surface area contributed by atoms with Crippen molar-refractivity contribution in [3.63, 3.8) is 0 Å². The Hall–Kier alpha value is -1.62. The molecule has 1 heterocycles. The average molecular weight is 350 g/mol. The lowest BCUT2D eigenvalue weighted by molar-refractivity contribution is -0.116. The van der Waals surface area contributed by atoms with E-state index in [1.165, 1.54) is 5.56 Å². The normalized spacial score (nSPS) is 10.7. The summed E-state index contributed by atoms with van der Waals surface area (Å²) in [5.74, 6) is 0.00521. The van der Waals surface area contributed by atoms with E-state index >= 15 is 0 Å². The number of rotatable bonds is 4. The zero-order valence-electron chi connectivity index (χ0n) is 12.8. The van der Waals surface area contributed by atoms with Gasteiger partial charge in [0.25, 0.3) is 0 Å². The molecule has 0 aliphatic rings. The van der Waals surface area contributed by atoms with Crippen molar-refractivity contribution < 1.29 is 4.79 Å². The van der Waals surface area contributed by atoms with Crippen LogP contribution in [0.1, 0.15) is 28.9 Å². The number of halogens is 1. The third kappa shape index (κ3) is 3.73. The van der Waals surface area contributed by atoms with Crippen LogP contribution in [0.25, 0.3) is 0 Å². The van der Waals surface area contributed by atoms with Gasteiger partial charge in [-0.2, -0.15) is 5.10 Å². The molecule has 0 aliphatic heterocycles. The third-order valence-corrected chi connectivity index (χ3v) is 4.65. The topological polar surface area (TPSA) is 46.9 Å². The van der Waals surface area contributed by atoms with Crippen LogP contribution in [-0.4, -0.2) is 15.7 Å². The highest BCUT2D eigenvalue weighted by Crippen LogP contribution is 2.20. The summed E-state index contributed by atoms with van der Waals surface area (Å²) >= 11 is 3.49. The van der Waals surface area contributed by atoms with Crippen LogP contribution >= 0.6 is 15.9 Å². The Labute approximate surface area is 133 Å². The molecule has 2 rings (SSSR count). The van der Waals surface area contributed by atoms with Crippen LogP contribution in [-0.2, 0) is 11.3 Å². The van der Waals surface area contributed by atoms with Crippen molar-refractivity contribution in [1.82, 2.24) is 9.78 Å². The van der Waals surface area contributed by atoms with Crippen molar-refractivity contribution in [3.8, 4) is 0 Å². The van der Waals surface area contributed by atoms with Crippen molar-refractivity contribution in [1.29, 1.82) is 0 Å². The number of benzene rings is 1. The first-order valence-corrected chi connectivity index (χ1v) is 7.74. The Balaban J connectivity index is 1.97. The predicted molar refractivity (Wildman–Crippen MR) is 88.6 cm³/mol. The Kier molecular flexibility index (Phi) is 4.83. The fourth-order valence-corrected chi connectivity index (χ4v) is 2.55. The summed E-state index contributed by atoms with van der Waals surface area (Å²) in [6.07, 6.45) is 0.404. The summed E-state index contributed by atoms with van der Waals surface area (Å²) in [6.45, 7) is 8.56. The molecule has 4 nitrogen and oxygen atoms in total. The molecule has 112 valence electrons. The lowest BCUT2D eigenvalue weighted by atomic mass is 10.1. The molecule has 1 aromatic carbocycles. The van der Waals surface area contributed by atoms with E-state index in [9.17, 15) is 4.79 Å². The smallest absolute Gasteiger partial charge is 0.226 e. The van der Waals surface area contributed by atoms with Crippen LogP contribution in [0.4, 0.5) is 5.69 Å². The molecule has 21 heavy (non-hydrogen) atoms. The number of amides is 1. The SMILES string of the molecule is Cc1ccc(NC(=O)CCn2nc(C)c(Br)c2C)c(C)c1. The molecule has 0 saturated heterocycles. The van der Waals surface area contributed by atoms with E-state index in [2.05, 4.69) is 32.4 Å². The van der Waals surface area contributed by atoms with Gasteiger partial charge in [-0.3, -0.25) is 9.48 Å².